The third-order valence-corrected chi connectivity index (χ3v) is 3.22. The summed E-state index contributed by atoms with van der Waals surface area (Å²) >= 11 is 0. The van der Waals surface area contributed by atoms with E-state index in [9.17, 15) is 14.7 Å². The molecule has 1 aromatic heterocycles. The van der Waals surface area contributed by atoms with E-state index in [1.165, 1.54) is 17.9 Å². The van der Waals surface area contributed by atoms with Crippen molar-refractivity contribution in [1.29, 1.82) is 0 Å². The van der Waals surface area contributed by atoms with Gasteiger partial charge in [0.1, 0.15) is 12.3 Å². The van der Waals surface area contributed by atoms with Gasteiger partial charge in [-0.15, -0.1) is 0 Å². The van der Waals surface area contributed by atoms with Gasteiger partial charge in [0.05, 0.1) is 7.11 Å². The van der Waals surface area contributed by atoms with Gasteiger partial charge in [0, 0.05) is 25.1 Å². The molecule has 0 amide bonds. The zero-order valence-corrected chi connectivity index (χ0v) is 12.3. The first-order chi connectivity index (χ1) is 10.5. The standard InChI is InChI=1S/C15H17N3O4/c1-18-14(20)8-13(17-18)16-12(15(21)22-2)7-10-3-5-11(9-19)6-4-10/h3-6,8-9,12,20H,7H2,1-2H3,(H,16,17)/t12-/m0/s1. The molecule has 0 saturated carbocycles. The van der Waals surface area contributed by atoms with Crippen LogP contribution in [0, 0.1) is 0 Å². The summed E-state index contributed by atoms with van der Waals surface area (Å²) in [6, 6.07) is 7.69. The van der Waals surface area contributed by atoms with Crippen LogP contribution in [0.4, 0.5) is 5.82 Å². The van der Waals surface area contributed by atoms with Crippen LogP contribution in [-0.4, -0.2) is 40.3 Å². The van der Waals surface area contributed by atoms with Gasteiger partial charge in [-0.3, -0.25) is 4.79 Å². The van der Waals surface area contributed by atoms with Crippen LogP contribution in [0.3, 0.4) is 0 Å². The van der Waals surface area contributed by atoms with Gasteiger partial charge in [-0.2, -0.15) is 5.10 Å². The zero-order valence-electron chi connectivity index (χ0n) is 12.3. The number of aryl methyl sites for hydroxylation is 1. The number of benzene rings is 1. The van der Waals surface area contributed by atoms with E-state index in [4.69, 9.17) is 4.74 Å². The smallest absolute Gasteiger partial charge is 0.328 e. The fourth-order valence-electron chi connectivity index (χ4n) is 2.01. The highest BCUT2D eigenvalue weighted by atomic mass is 16.5. The number of carbonyl (C=O) groups excluding carboxylic acids is 2. The number of ether oxygens (including phenoxy) is 1. The Morgan fingerprint density at radius 1 is 1.45 bits per heavy atom. The third-order valence-electron chi connectivity index (χ3n) is 3.22. The van der Waals surface area contributed by atoms with Crippen molar-refractivity contribution in [1.82, 2.24) is 9.78 Å². The molecule has 2 rings (SSSR count). The lowest BCUT2D eigenvalue weighted by Crippen LogP contribution is -2.33. The van der Waals surface area contributed by atoms with Gasteiger partial charge < -0.3 is 15.2 Å². The minimum atomic E-state index is -0.651. The summed E-state index contributed by atoms with van der Waals surface area (Å²) < 4.78 is 6.07. The average molecular weight is 303 g/mol. The minimum absolute atomic E-state index is 0.0125. The van der Waals surface area contributed by atoms with E-state index in [0.717, 1.165) is 11.8 Å². The molecule has 0 unspecified atom stereocenters. The lowest BCUT2D eigenvalue weighted by atomic mass is 10.0. The second-order valence-electron chi connectivity index (χ2n) is 4.80. The number of nitrogens with zero attached hydrogens (tertiary/aromatic N) is 2. The van der Waals surface area contributed by atoms with Crippen LogP contribution in [0.1, 0.15) is 15.9 Å². The van der Waals surface area contributed by atoms with Crippen LogP contribution < -0.4 is 5.32 Å². The minimum Gasteiger partial charge on any atom is -0.493 e. The monoisotopic (exact) mass is 303 g/mol. The highest BCUT2D eigenvalue weighted by Crippen LogP contribution is 2.16. The summed E-state index contributed by atoms with van der Waals surface area (Å²) in [5, 5.41) is 16.5. The number of aldehydes is 1. The average Bonchev–Trinajstić information content (AvgIpc) is 2.84. The molecule has 0 aliphatic heterocycles. The molecule has 1 aromatic carbocycles. The SMILES string of the molecule is COC(=O)[C@H](Cc1ccc(C=O)cc1)Nc1cc(O)n(C)n1. The summed E-state index contributed by atoms with van der Waals surface area (Å²) in [6.45, 7) is 0. The fourth-order valence-corrected chi connectivity index (χ4v) is 2.01. The van der Waals surface area contributed by atoms with Gasteiger partial charge in [-0.05, 0) is 5.56 Å². The molecular formula is C15H17N3O4. The van der Waals surface area contributed by atoms with Crippen LogP contribution in [0.2, 0.25) is 0 Å². The number of aromatic nitrogens is 2. The van der Waals surface area contributed by atoms with Crippen molar-refractivity contribution in [2.24, 2.45) is 7.05 Å². The lowest BCUT2D eigenvalue weighted by Gasteiger charge is -2.16. The number of nitrogens with one attached hydrogen (secondary N) is 1. The highest BCUT2D eigenvalue weighted by Gasteiger charge is 2.21. The summed E-state index contributed by atoms with van der Waals surface area (Å²) in [7, 11) is 2.90. The molecule has 2 aromatic rings. The molecule has 1 atom stereocenters. The number of hydrogen-bond acceptors (Lipinski definition) is 6. The molecule has 2 N–H and O–H groups in total. The molecule has 0 fully saturated rings. The molecule has 7 heteroatoms. The normalized spacial score (nSPS) is 11.7. The lowest BCUT2D eigenvalue weighted by molar-refractivity contribution is -0.141. The maximum absolute atomic E-state index is 11.9. The van der Waals surface area contributed by atoms with Crippen LogP contribution >= 0.6 is 0 Å². The molecule has 0 spiro atoms. The molecule has 7 nitrogen and oxygen atoms in total. The summed E-state index contributed by atoms with van der Waals surface area (Å²) in [5.74, 6) is -0.0778. The van der Waals surface area contributed by atoms with Crippen molar-refractivity contribution >= 4 is 18.1 Å². The van der Waals surface area contributed by atoms with Crippen molar-refractivity contribution in [3.63, 3.8) is 0 Å². The first kappa shape index (κ1) is 15.6. The maximum atomic E-state index is 11.9. The van der Waals surface area contributed by atoms with Gasteiger partial charge in [0.2, 0.25) is 5.88 Å². The van der Waals surface area contributed by atoms with Gasteiger partial charge in [0.25, 0.3) is 0 Å². The highest BCUT2D eigenvalue weighted by molar-refractivity contribution is 5.79. The summed E-state index contributed by atoms with van der Waals surface area (Å²) in [5.41, 5.74) is 1.44. The van der Waals surface area contributed by atoms with E-state index in [0.29, 0.717) is 17.8 Å². The van der Waals surface area contributed by atoms with Crippen LogP contribution in [0.15, 0.2) is 30.3 Å². The Kier molecular flexibility index (Phi) is 4.77. The molecule has 0 bridgehead atoms. The Morgan fingerprint density at radius 2 is 2.14 bits per heavy atom. The van der Waals surface area contributed by atoms with Gasteiger partial charge >= 0.3 is 5.97 Å². The number of carbonyl (C=O) groups is 2. The Hall–Kier alpha value is -2.83. The van der Waals surface area contributed by atoms with Crippen molar-refractivity contribution in [2.75, 3.05) is 12.4 Å². The largest absolute Gasteiger partial charge is 0.493 e. The van der Waals surface area contributed by atoms with E-state index in [-0.39, 0.29) is 5.88 Å². The van der Waals surface area contributed by atoms with Gasteiger partial charge in [-0.1, -0.05) is 24.3 Å². The van der Waals surface area contributed by atoms with Crippen molar-refractivity contribution in [2.45, 2.75) is 12.5 Å². The Balaban J connectivity index is 2.14. The number of anilines is 1. The quantitative estimate of drug-likeness (QED) is 0.614. The Labute approximate surface area is 127 Å². The zero-order chi connectivity index (χ0) is 16.1. The van der Waals surface area contributed by atoms with Crippen molar-refractivity contribution in [3.05, 3.63) is 41.5 Å². The van der Waals surface area contributed by atoms with Crippen LogP contribution in [0.25, 0.3) is 0 Å². The molecule has 116 valence electrons. The summed E-state index contributed by atoms with van der Waals surface area (Å²) in [6.07, 6.45) is 1.12. The second kappa shape index (κ2) is 6.75. The number of aromatic hydroxyl groups is 1. The second-order valence-corrected chi connectivity index (χ2v) is 4.80. The predicted molar refractivity (Wildman–Crippen MR) is 79.8 cm³/mol. The van der Waals surface area contributed by atoms with E-state index >= 15 is 0 Å². The Bertz CT molecular complexity index is 644. The molecule has 1 heterocycles. The molecule has 0 aliphatic rings. The number of rotatable bonds is 6. The third kappa shape index (κ3) is 3.63. The van der Waals surface area contributed by atoms with Crippen LogP contribution in [-0.2, 0) is 23.0 Å². The van der Waals surface area contributed by atoms with Crippen molar-refractivity contribution < 1.29 is 19.4 Å². The van der Waals surface area contributed by atoms with Gasteiger partial charge in [-0.25, -0.2) is 9.48 Å². The topological polar surface area (TPSA) is 93.5 Å². The Morgan fingerprint density at radius 3 is 2.64 bits per heavy atom. The van der Waals surface area contributed by atoms with Gasteiger partial charge in [0.15, 0.2) is 5.82 Å². The fraction of sp³-hybridized carbons (Fsp3) is 0.267. The molecule has 0 radical (unpaired) electrons. The first-order valence-electron chi connectivity index (χ1n) is 6.65. The number of hydrogen-bond donors (Lipinski definition) is 2. The molecule has 0 aliphatic carbocycles. The molecular weight excluding hydrogens is 286 g/mol. The number of esters is 1. The summed E-state index contributed by atoms with van der Waals surface area (Å²) in [4.78, 5) is 22.5. The van der Waals surface area contributed by atoms with Crippen molar-refractivity contribution in [3.8, 4) is 5.88 Å². The van der Waals surface area contributed by atoms with E-state index in [2.05, 4.69) is 10.4 Å². The molecule has 0 saturated heterocycles. The molecule has 22 heavy (non-hydrogen) atoms. The first-order valence-corrected chi connectivity index (χ1v) is 6.65. The predicted octanol–water partition coefficient (Wildman–Crippen LogP) is 1.13. The van der Waals surface area contributed by atoms with E-state index in [1.54, 1.807) is 31.3 Å². The van der Waals surface area contributed by atoms with Crippen LogP contribution in [0.5, 0.6) is 5.88 Å². The van der Waals surface area contributed by atoms with E-state index in [1.807, 2.05) is 0 Å². The maximum Gasteiger partial charge on any atom is 0.328 e. The van der Waals surface area contributed by atoms with E-state index < -0.39 is 12.0 Å². The number of methoxy groups -OCH3 is 1.